The maximum absolute atomic E-state index is 12.6. The van der Waals surface area contributed by atoms with Gasteiger partial charge in [0, 0.05) is 13.0 Å². The second-order valence-corrected chi connectivity index (χ2v) is 16.0. The molecule has 8 nitrogen and oxygen atoms in total. The molecule has 9 heteroatoms. The third-order valence-corrected chi connectivity index (χ3v) is 9.44. The largest absolute Gasteiger partial charge is 0.756 e. The number of nitrogens with zero attached hydrogens (tertiary/aromatic N) is 1. The fourth-order valence-corrected chi connectivity index (χ4v) is 6.01. The zero-order valence-corrected chi connectivity index (χ0v) is 33.5. The van der Waals surface area contributed by atoms with Gasteiger partial charge in [-0.05, 0) is 57.8 Å². The summed E-state index contributed by atoms with van der Waals surface area (Å²) < 4.78 is 34.4. The Morgan fingerprint density at radius 1 is 0.612 bits per heavy atom. The quantitative estimate of drug-likeness (QED) is 0.0208. The third kappa shape index (κ3) is 38.1. The average Bonchev–Trinajstić information content (AvgIpc) is 3.04. The van der Waals surface area contributed by atoms with Crippen molar-refractivity contribution in [3.8, 4) is 0 Å². The van der Waals surface area contributed by atoms with Gasteiger partial charge in [-0.1, -0.05) is 128 Å². The molecule has 0 aromatic rings. The molecule has 0 radical (unpaired) electrons. The van der Waals surface area contributed by atoms with E-state index in [1.807, 2.05) is 21.1 Å². The van der Waals surface area contributed by atoms with Crippen molar-refractivity contribution in [3.63, 3.8) is 0 Å². The van der Waals surface area contributed by atoms with E-state index >= 15 is 0 Å². The van der Waals surface area contributed by atoms with Gasteiger partial charge in [0.15, 0.2) is 0 Å². The van der Waals surface area contributed by atoms with Gasteiger partial charge in [0.25, 0.3) is 7.82 Å². The summed E-state index contributed by atoms with van der Waals surface area (Å²) in [6, 6.07) is 0. The maximum Gasteiger partial charge on any atom is 0.306 e. The van der Waals surface area contributed by atoms with E-state index in [9.17, 15) is 14.3 Å². The zero-order valence-electron chi connectivity index (χ0n) is 32.6. The van der Waals surface area contributed by atoms with Crippen LogP contribution < -0.4 is 4.89 Å². The highest BCUT2D eigenvalue weighted by atomic mass is 31.2. The van der Waals surface area contributed by atoms with Crippen LogP contribution in [0.4, 0.5) is 0 Å². The van der Waals surface area contributed by atoms with Crippen molar-refractivity contribution in [1.29, 1.82) is 0 Å². The fourth-order valence-electron chi connectivity index (χ4n) is 5.29. The van der Waals surface area contributed by atoms with Crippen molar-refractivity contribution >= 4 is 13.8 Å². The van der Waals surface area contributed by atoms with Crippen molar-refractivity contribution in [2.75, 3.05) is 54.1 Å². The first-order valence-corrected chi connectivity index (χ1v) is 21.5. The van der Waals surface area contributed by atoms with E-state index in [1.54, 1.807) is 0 Å². The van der Waals surface area contributed by atoms with Crippen LogP contribution >= 0.6 is 7.82 Å². The molecule has 0 aromatic carbocycles. The number of esters is 1. The van der Waals surface area contributed by atoms with Crippen LogP contribution in [-0.4, -0.2) is 70.7 Å². The normalized spacial score (nSPS) is 14.2. The molecule has 0 saturated carbocycles. The van der Waals surface area contributed by atoms with Crippen molar-refractivity contribution in [1.82, 2.24) is 0 Å². The standard InChI is InChI=1S/C40H78NO7P/c1-6-8-10-12-14-16-18-20-21-22-23-25-27-29-31-33-40(42)48-39(38-47-49(43,44)46-36-34-41(3,4)5)37-45-35-32-30-28-26-24-19-17-15-13-11-9-7-2/h13,15,20-21,39H,6-12,14,16-19,22-38H2,1-5H3/b15-13-,21-20-. The molecule has 2 unspecified atom stereocenters. The molecule has 0 aromatic heterocycles. The Kier molecular flexibility index (Phi) is 33.4. The van der Waals surface area contributed by atoms with Crippen molar-refractivity contribution in [2.45, 2.75) is 174 Å². The molecular weight excluding hydrogens is 637 g/mol. The first kappa shape index (κ1) is 48.0. The lowest BCUT2D eigenvalue weighted by Gasteiger charge is -2.28. The molecule has 0 aliphatic carbocycles. The summed E-state index contributed by atoms with van der Waals surface area (Å²) in [6.45, 7) is 5.35. The summed E-state index contributed by atoms with van der Waals surface area (Å²) in [5.74, 6) is -0.346. The summed E-state index contributed by atoms with van der Waals surface area (Å²) in [6.07, 6.45) is 36.1. The predicted octanol–water partition coefficient (Wildman–Crippen LogP) is 10.6. The van der Waals surface area contributed by atoms with E-state index in [-0.39, 0.29) is 25.8 Å². The SMILES string of the molecule is CCCC/C=C\CCCCCCCCOCC(COP(=O)([O-])OCC[N+](C)(C)C)OC(=O)CCCCCCC/C=C\CCCCCCCC. The number of phosphoric acid groups is 1. The lowest BCUT2D eigenvalue weighted by molar-refractivity contribution is -0.870. The van der Waals surface area contributed by atoms with Gasteiger partial charge in [-0.15, -0.1) is 0 Å². The van der Waals surface area contributed by atoms with Gasteiger partial charge in [0.2, 0.25) is 0 Å². The molecule has 49 heavy (non-hydrogen) atoms. The van der Waals surface area contributed by atoms with Crippen molar-refractivity contribution in [2.24, 2.45) is 0 Å². The summed E-state index contributed by atoms with van der Waals surface area (Å²) in [7, 11) is 1.35. The van der Waals surface area contributed by atoms with Crippen LogP contribution in [0.15, 0.2) is 24.3 Å². The number of ether oxygens (including phenoxy) is 2. The topological polar surface area (TPSA) is 94.1 Å². The lowest BCUT2D eigenvalue weighted by Crippen LogP contribution is -2.37. The van der Waals surface area contributed by atoms with Gasteiger partial charge in [0.05, 0.1) is 34.4 Å². The second-order valence-electron chi connectivity index (χ2n) is 14.6. The Morgan fingerprint density at radius 2 is 1.08 bits per heavy atom. The molecule has 0 bridgehead atoms. The molecule has 0 rings (SSSR count). The van der Waals surface area contributed by atoms with E-state index in [1.165, 1.54) is 103 Å². The van der Waals surface area contributed by atoms with Crippen LogP contribution in [0.25, 0.3) is 0 Å². The highest BCUT2D eigenvalue weighted by molar-refractivity contribution is 7.45. The van der Waals surface area contributed by atoms with Crippen molar-refractivity contribution in [3.05, 3.63) is 24.3 Å². The first-order chi connectivity index (χ1) is 23.6. The Labute approximate surface area is 303 Å². The van der Waals surface area contributed by atoms with Crippen LogP contribution in [-0.2, 0) is 27.9 Å². The van der Waals surface area contributed by atoms with E-state index < -0.39 is 13.9 Å². The fraction of sp³-hybridized carbons (Fsp3) is 0.875. The Morgan fingerprint density at radius 3 is 1.61 bits per heavy atom. The third-order valence-electron chi connectivity index (χ3n) is 8.48. The number of quaternary nitrogens is 1. The zero-order chi connectivity index (χ0) is 36.3. The second kappa shape index (κ2) is 34.1. The number of phosphoric ester groups is 1. The number of carbonyl (C=O) groups is 1. The maximum atomic E-state index is 12.6. The van der Waals surface area contributed by atoms with Crippen molar-refractivity contribution < 1.29 is 37.3 Å². The van der Waals surface area contributed by atoms with Gasteiger partial charge in [-0.25, -0.2) is 0 Å². The summed E-state index contributed by atoms with van der Waals surface area (Å²) in [5.41, 5.74) is 0. The Bertz CT molecular complexity index is 843. The number of rotatable bonds is 37. The van der Waals surface area contributed by atoms with Gasteiger partial charge >= 0.3 is 5.97 Å². The number of allylic oxidation sites excluding steroid dienone is 4. The Hall–Kier alpha value is -1.02. The number of unbranched alkanes of at least 4 members (excludes halogenated alkanes) is 19. The van der Waals surface area contributed by atoms with Crippen LogP contribution in [0.2, 0.25) is 0 Å². The van der Waals surface area contributed by atoms with E-state index in [0.29, 0.717) is 24.1 Å². The lowest BCUT2D eigenvalue weighted by atomic mass is 10.1. The van der Waals surface area contributed by atoms with Crippen LogP contribution in [0.3, 0.4) is 0 Å². The Balaban J connectivity index is 4.30. The van der Waals surface area contributed by atoms with Crippen LogP contribution in [0.1, 0.15) is 168 Å². The average molecular weight is 716 g/mol. The highest BCUT2D eigenvalue weighted by Crippen LogP contribution is 2.38. The monoisotopic (exact) mass is 716 g/mol. The molecule has 290 valence electrons. The van der Waals surface area contributed by atoms with E-state index in [2.05, 4.69) is 38.2 Å². The molecule has 0 aliphatic rings. The molecule has 0 spiro atoms. The molecular formula is C40H78NO7P. The van der Waals surface area contributed by atoms with E-state index in [4.69, 9.17) is 18.5 Å². The molecule has 2 atom stereocenters. The summed E-state index contributed by atoms with van der Waals surface area (Å²) in [5, 5.41) is 0. The summed E-state index contributed by atoms with van der Waals surface area (Å²) >= 11 is 0. The predicted molar refractivity (Wildman–Crippen MR) is 204 cm³/mol. The van der Waals surface area contributed by atoms with E-state index in [0.717, 1.165) is 44.9 Å². The van der Waals surface area contributed by atoms with Crippen LogP contribution in [0.5, 0.6) is 0 Å². The molecule has 0 aliphatic heterocycles. The van der Waals surface area contributed by atoms with Gasteiger partial charge in [-0.2, -0.15) is 0 Å². The number of hydrogen-bond donors (Lipinski definition) is 0. The molecule has 0 amide bonds. The van der Waals surface area contributed by atoms with Gasteiger partial charge < -0.3 is 27.9 Å². The minimum atomic E-state index is -4.52. The molecule has 0 N–H and O–H groups in total. The first-order valence-electron chi connectivity index (χ1n) is 20.1. The highest BCUT2D eigenvalue weighted by Gasteiger charge is 2.20. The molecule has 0 saturated heterocycles. The molecule has 0 heterocycles. The molecule has 0 fully saturated rings. The number of hydrogen-bond acceptors (Lipinski definition) is 7. The van der Waals surface area contributed by atoms with Gasteiger partial charge in [-0.3, -0.25) is 9.36 Å². The number of carbonyl (C=O) groups excluding carboxylic acids is 1. The van der Waals surface area contributed by atoms with Crippen LogP contribution in [0, 0.1) is 0 Å². The minimum Gasteiger partial charge on any atom is -0.756 e. The minimum absolute atomic E-state index is 0.0242. The summed E-state index contributed by atoms with van der Waals surface area (Å²) in [4.78, 5) is 24.9. The smallest absolute Gasteiger partial charge is 0.306 e. The number of likely N-dealkylation sites (N-methyl/N-ethyl adjacent to an activating group) is 1. The van der Waals surface area contributed by atoms with Gasteiger partial charge in [0.1, 0.15) is 19.3 Å².